The Labute approximate surface area is 130 Å². The van der Waals surface area contributed by atoms with E-state index in [1.165, 1.54) is 12.1 Å². The van der Waals surface area contributed by atoms with E-state index in [2.05, 4.69) is 10.3 Å². The first kappa shape index (κ1) is 14.8. The molecule has 3 rings (SSSR count). The summed E-state index contributed by atoms with van der Waals surface area (Å²) in [6, 6.07) is 9.83. The number of rotatable bonds is 2. The van der Waals surface area contributed by atoms with Crippen LogP contribution in [0.3, 0.4) is 0 Å². The van der Waals surface area contributed by atoms with Crippen LogP contribution in [0.25, 0.3) is 11.0 Å². The molecule has 0 aliphatic heterocycles. The number of anilines is 1. The van der Waals surface area contributed by atoms with E-state index in [4.69, 9.17) is 4.42 Å². The number of aromatic amines is 1. The van der Waals surface area contributed by atoms with Gasteiger partial charge in [-0.3, -0.25) is 9.59 Å². The number of H-pyrrole nitrogens is 1. The first-order valence-electron chi connectivity index (χ1n) is 7.00. The zero-order valence-electron chi connectivity index (χ0n) is 12.6. The fraction of sp³-hybridized carbons (Fsp3) is 0.118. The topological polar surface area (TPSA) is 92.2 Å². The minimum Gasteiger partial charge on any atom is -0.422 e. The van der Waals surface area contributed by atoms with Gasteiger partial charge in [0.2, 0.25) is 5.56 Å². The van der Waals surface area contributed by atoms with Gasteiger partial charge in [0.05, 0.1) is 5.69 Å². The molecule has 3 aromatic rings. The number of pyridine rings is 1. The number of benzene rings is 1. The molecule has 0 aliphatic rings. The van der Waals surface area contributed by atoms with Gasteiger partial charge in [-0.1, -0.05) is 18.2 Å². The molecule has 0 saturated carbocycles. The van der Waals surface area contributed by atoms with Crippen LogP contribution in [0.15, 0.2) is 50.4 Å². The van der Waals surface area contributed by atoms with Crippen LogP contribution in [-0.2, 0) is 0 Å². The monoisotopic (exact) mass is 310 g/mol. The number of nitrogens with one attached hydrogen (secondary N) is 2. The molecule has 0 aliphatic carbocycles. The maximum atomic E-state index is 12.4. The van der Waals surface area contributed by atoms with Crippen molar-refractivity contribution in [3.8, 4) is 0 Å². The summed E-state index contributed by atoms with van der Waals surface area (Å²) >= 11 is 0. The lowest BCUT2D eigenvalue weighted by atomic mass is 10.1. The number of aryl methyl sites for hydroxylation is 2. The summed E-state index contributed by atoms with van der Waals surface area (Å²) < 4.78 is 5.16. The van der Waals surface area contributed by atoms with Crippen LogP contribution in [0.2, 0.25) is 0 Å². The predicted octanol–water partition coefficient (Wildman–Crippen LogP) is 2.35. The van der Waals surface area contributed by atoms with Gasteiger partial charge in [0.15, 0.2) is 0 Å². The number of aromatic nitrogens is 1. The van der Waals surface area contributed by atoms with Crippen LogP contribution < -0.4 is 16.5 Å². The van der Waals surface area contributed by atoms with Gasteiger partial charge in [0.1, 0.15) is 11.1 Å². The van der Waals surface area contributed by atoms with Crippen LogP contribution in [0.4, 0.5) is 5.69 Å². The van der Waals surface area contributed by atoms with Crippen LogP contribution in [0, 0.1) is 13.8 Å². The molecule has 23 heavy (non-hydrogen) atoms. The standard InChI is InChI=1S/C17H14N2O4/c1-9-7-14(20)18-10(2)15(9)19-16(21)12-8-11-5-3-4-6-13(11)23-17(12)22/h3-8H,1-2H3,(H,18,20)(H,19,21). The Morgan fingerprint density at radius 2 is 1.87 bits per heavy atom. The number of hydrogen-bond acceptors (Lipinski definition) is 4. The fourth-order valence-corrected chi connectivity index (χ4v) is 2.44. The van der Waals surface area contributed by atoms with Crippen LogP contribution >= 0.6 is 0 Å². The number of fused-ring (bicyclic) bond motifs is 1. The van der Waals surface area contributed by atoms with Crippen molar-refractivity contribution >= 4 is 22.6 Å². The lowest BCUT2D eigenvalue weighted by molar-refractivity contribution is 0.102. The van der Waals surface area contributed by atoms with E-state index in [9.17, 15) is 14.4 Å². The normalized spacial score (nSPS) is 10.7. The second-order valence-corrected chi connectivity index (χ2v) is 5.26. The lowest BCUT2D eigenvalue weighted by Crippen LogP contribution is -2.22. The van der Waals surface area contributed by atoms with Crippen molar-refractivity contribution in [3.05, 3.63) is 74.0 Å². The fourth-order valence-electron chi connectivity index (χ4n) is 2.44. The Kier molecular flexibility index (Phi) is 3.57. The van der Waals surface area contributed by atoms with E-state index in [1.807, 2.05) is 0 Å². The van der Waals surface area contributed by atoms with Crippen molar-refractivity contribution in [1.29, 1.82) is 0 Å². The Bertz CT molecular complexity index is 1000. The highest BCUT2D eigenvalue weighted by Crippen LogP contribution is 2.18. The van der Waals surface area contributed by atoms with E-state index < -0.39 is 11.5 Å². The quantitative estimate of drug-likeness (QED) is 0.711. The van der Waals surface area contributed by atoms with Crippen LogP contribution in [-0.4, -0.2) is 10.9 Å². The van der Waals surface area contributed by atoms with E-state index in [0.29, 0.717) is 27.9 Å². The Morgan fingerprint density at radius 1 is 1.13 bits per heavy atom. The molecule has 0 bridgehead atoms. The molecule has 0 fully saturated rings. The molecule has 0 spiro atoms. The van der Waals surface area contributed by atoms with E-state index >= 15 is 0 Å². The van der Waals surface area contributed by atoms with Gasteiger partial charge in [0.25, 0.3) is 5.91 Å². The van der Waals surface area contributed by atoms with Crippen molar-refractivity contribution in [1.82, 2.24) is 4.98 Å². The maximum Gasteiger partial charge on any atom is 0.349 e. The van der Waals surface area contributed by atoms with Gasteiger partial charge in [-0.15, -0.1) is 0 Å². The summed E-state index contributed by atoms with van der Waals surface area (Å²) in [4.78, 5) is 38.4. The number of carbonyl (C=O) groups excluding carboxylic acids is 1. The SMILES string of the molecule is Cc1cc(=O)[nH]c(C)c1NC(=O)c1cc2ccccc2oc1=O. The first-order chi connectivity index (χ1) is 11.0. The summed E-state index contributed by atoms with van der Waals surface area (Å²) in [5.74, 6) is -0.581. The zero-order valence-corrected chi connectivity index (χ0v) is 12.6. The van der Waals surface area contributed by atoms with Crippen LogP contribution in [0.5, 0.6) is 0 Å². The molecule has 6 heteroatoms. The zero-order chi connectivity index (χ0) is 16.6. The van der Waals surface area contributed by atoms with Crippen molar-refractivity contribution < 1.29 is 9.21 Å². The number of amides is 1. The molecule has 0 unspecified atom stereocenters. The van der Waals surface area contributed by atoms with Gasteiger partial charge in [-0.25, -0.2) is 4.79 Å². The van der Waals surface area contributed by atoms with E-state index in [1.54, 1.807) is 38.1 Å². The Hall–Kier alpha value is -3.15. The average Bonchev–Trinajstić information content (AvgIpc) is 2.50. The largest absolute Gasteiger partial charge is 0.422 e. The number of para-hydroxylation sites is 1. The molecule has 116 valence electrons. The third-order valence-corrected chi connectivity index (χ3v) is 3.55. The molecule has 0 saturated heterocycles. The third kappa shape index (κ3) is 2.78. The van der Waals surface area contributed by atoms with Gasteiger partial charge in [-0.05, 0) is 31.5 Å². The summed E-state index contributed by atoms with van der Waals surface area (Å²) in [7, 11) is 0. The molecule has 6 nitrogen and oxygen atoms in total. The first-order valence-corrected chi connectivity index (χ1v) is 7.00. The highest BCUT2D eigenvalue weighted by atomic mass is 16.4. The summed E-state index contributed by atoms with van der Waals surface area (Å²) in [6.07, 6.45) is 0. The summed E-state index contributed by atoms with van der Waals surface area (Å²) in [5.41, 5.74) is 0.990. The minimum atomic E-state index is -0.707. The second kappa shape index (κ2) is 5.57. The highest BCUT2D eigenvalue weighted by Gasteiger charge is 2.16. The molecule has 2 heterocycles. The molecule has 0 radical (unpaired) electrons. The molecular weight excluding hydrogens is 296 g/mol. The lowest BCUT2D eigenvalue weighted by Gasteiger charge is -2.10. The average molecular weight is 310 g/mol. The number of hydrogen-bond donors (Lipinski definition) is 2. The molecule has 1 amide bonds. The van der Waals surface area contributed by atoms with Crippen molar-refractivity contribution in [2.45, 2.75) is 13.8 Å². The molecule has 1 aromatic carbocycles. The van der Waals surface area contributed by atoms with Crippen molar-refractivity contribution in [2.75, 3.05) is 5.32 Å². The maximum absolute atomic E-state index is 12.4. The molecule has 0 atom stereocenters. The van der Waals surface area contributed by atoms with Gasteiger partial charge in [-0.2, -0.15) is 0 Å². The summed E-state index contributed by atoms with van der Waals surface area (Å²) in [5, 5.41) is 3.32. The highest BCUT2D eigenvalue weighted by molar-refractivity contribution is 6.06. The second-order valence-electron chi connectivity index (χ2n) is 5.26. The molecular formula is C17H14N2O4. The number of carbonyl (C=O) groups is 1. The predicted molar refractivity (Wildman–Crippen MR) is 87.0 cm³/mol. The van der Waals surface area contributed by atoms with Gasteiger partial charge >= 0.3 is 5.63 Å². The van der Waals surface area contributed by atoms with Gasteiger partial charge < -0.3 is 14.7 Å². The van der Waals surface area contributed by atoms with Crippen LogP contribution in [0.1, 0.15) is 21.6 Å². The smallest absolute Gasteiger partial charge is 0.349 e. The van der Waals surface area contributed by atoms with E-state index in [0.717, 1.165) is 0 Å². The van der Waals surface area contributed by atoms with Crippen molar-refractivity contribution in [3.63, 3.8) is 0 Å². The van der Waals surface area contributed by atoms with Crippen molar-refractivity contribution in [2.24, 2.45) is 0 Å². The summed E-state index contributed by atoms with van der Waals surface area (Å²) in [6.45, 7) is 3.38. The van der Waals surface area contributed by atoms with E-state index in [-0.39, 0.29) is 11.1 Å². The molecule has 2 N–H and O–H groups in total. The molecule has 2 aromatic heterocycles. The minimum absolute atomic E-state index is 0.0892. The Morgan fingerprint density at radius 3 is 2.61 bits per heavy atom. The third-order valence-electron chi connectivity index (χ3n) is 3.55. The Balaban J connectivity index is 2.03. The van der Waals surface area contributed by atoms with Gasteiger partial charge in [0, 0.05) is 17.1 Å².